The van der Waals surface area contributed by atoms with Gasteiger partial charge in [-0.1, -0.05) is 0 Å². The van der Waals surface area contributed by atoms with Crippen molar-refractivity contribution < 1.29 is 0 Å². The second-order valence-corrected chi connectivity index (χ2v) is 5.16. The Morgan fingerprint density at radius 2 is 2.00 bits per heavy atom. The molecule has 0 fully saturated rings. The molecule has 0 saturated heterocycles. The number of fused-ring (bicyclic) bond motifs is 1. The summed E-state index contributed by atoms with van der Waals surface area (Å²) < 4.78 is 4.04. The topological polar surface area (TPSA) is 35.1 Å². The Morgan fingerprint density at radius 3 is 2.59 bits per heavy atom. The number of rotatable bonds is 1. The summed E-state index contributed by atoms with van der Waals surface area (Å²) in [7, 11) is 1.97. The molecule has 0 amide bonds. The van der Waals surface area contributed by atoms with Crippen LogP contribution in [0.5, 0.6) is 0 Å². The van der Waals surface area contributed by atoms with Gasteiger partial charge in [-0.05, 0) is 20.8 Å². The molecule has 88 valence electrons. The number of hydrogen-bond acceptors (Lipinski definition) is 3. The highest BCUT2D eigenvalue weighted by Crippen LogP contribution is 2.28. The van der Waals surface area contributed by atoms with Crippen LogP contribution in [0.15, 0.2) is 11.6 Å². The molecule has 4 nitrogen and oxygen atoms in total. The maximum atomic E-state index is 4.67. The van der Waals surface area contributed by atoms with Gasteiger partial charge >= 0.3 is 0 Å². The van der Waals surface area contributed by atoms with E-state index < -0.39 is 0 Å². The van der Waals surface area contributed by atoms with Crippen LogP contribution in [0.3, 0.4) is 0 Å². The largest absolute Gasteiger partial charge is 0.294 e. The predicted octanol–water partition coefficient (Wildman–Crippen LogP) is 2.72. The normalized spacial score (nSPS) is 11.5. The Labute approximate surface area is 104 Å². The quantitative estimate of drug-likeness (QED) is 0.661. The van der Waals surface area contributed by atoms with E-state index in [0.717, 1.165) is 27.6 Å². The van der Waals surface area contributed by atoms with Crippen LogP contribution in [-0.4, -0.2) is 19.2 Å². The molecule has 0 aromatic carbocycles. The zero-order chi connectivity index (χ0) is 12.2. The van der Waals surface area contributed by atoms with Crippen molar-refractivity contribution in [3.8, 4) is 11.3 Å². The van der Waals surface area contributed by atoms with Gasteiger partial charge in [0.2, 0.25) is 0 Å². The Bertz CT molecular complexity index is 702. The molecule has 0 saturated carbocycles. The van der Waals surface area contributed by atoms with Gasteiger partial charge < -0.3 is 0 Å². The van der Waals surface area contributed by atoms with E-state index in [1.807, 2.05) is 18.7 Å². The van der Waals surface area contributed by atoms with Crippen LogP contribution in [-0.2, 0) is 7.05 Å². The van der Waals surface area contributed by atoms with Crippen molar-refractivity contribution in [3.05, 3.63) is 28.7 Å². The summed E-state index contributed by atoms with van der Waals surface area (Å²) in [4.78, 5) is 5.71. The van der Waals surface area contributed by atoms with Crippen molar-refractivity contribution in [1.82, 2.24) is 19.2 Å². The summed E-state index contributed by atoms with van der Waals surface area (Å²) in [5.74, 6) is 0. The molecule has 0 aliphatic heterocycles. The van der Waals surface area contributed by atoms with E-state index in [0.29, 0.717) is 0 Å². The fourth-order valence-corrected chi connectivity index (χ4v) is 3.01. The zero-order valence-electron chi connectivity index (χ0n) is 10.4. The molecule has 0 bridgehead atoms. The molecule has 3 aromatic heterocycles. The standard InChI is InChI=1S/C12H14N4S/c1-7-6-17-12-13-10(5-16(7)12)11-8(2)14-15(4)9(11)3/h5-6H,1-4H3. The fourth-order valence-electron chi connectivity index (χ4n) is 2.16. The summed E-state index contributed by atoms with van der Waals surface area (Å²) in [6.45, 7) is 6.20. The van der Waals surface area contributed by atoms with Gasteiger partial charge in [-0.3, -0.25) is 9.08 Å². The van der Waals surface area contributed by atoms with E-state index >= 15 is 0 Å². The van der Waals surface area contributed by atoms with E-state index in [9.17, 15) is 0 Å². The second kappa shape index (κ2) is 3.43. The average Bonchev–Trinajstić information content (AvgIpc) is 2.87. The molecular weight excluding hydrogens is 232 g/mol. The monoisotopic (exact) mass is 246 g/mol. The van der Waals surface area contributed by atoms with E-state index in [1.54, 1.807) is 11.3 Å². The van der Waals surface area contributed by atoms with Gasteiger partial charge in [-0.2, -0.15) is 5.10 Å². The molecule has 0 unspecified atom stereocenters. The van der Waals surface area contributed by atoms with Gasteiger partial charge in [0.05, 0.1) is 11.4 Å². The van der Waals surface area contributed by atoms with Crippen molar-refractivity contribution in [2.24, 2.45) is 7.05 Å². The highest BCUT2D eigenvalue weighted by Gasteiger charge is 2.15. The van der Waals surface area contributed by atoms with Crippen molar-refractivity contribution in [2.45, 2.75) is 20.8 Å². The summed E-state index contributed by atoms with van der Waals surface area (Å²) in [6, 6.07) is 0. The number of imidazole rings is 1. The van der Waals surface area contributed by atoms with E-state index in [4.69, 9.17) is 0 Å². The third-order valence-electron chi connectivity index (χ3n) is 3.15. The highest BCUT2D eigenvalue weighted by atomic mass is 32.1. The maximum Gasteiger partial charge on any atom is 0.194 e. The molecule has 3 rings (SSSR count). The summed E-state index contributed by atoms with van der Waals surface area (Å²) >= 11 is 1.67. The van der Waals surface area contributed by atoms with Crippen molar-refractivity contribution in [2.75, 3.05) is 0 Å². The molecule has 0 N–H and O–H groups in total. The molecule has 17 heavy (non-hydrogen) atoms. The van der Waals surface area contributed by atoms with Crippen LogP contribution in [0.1, 0.15) is 17.1 Å². The van der Waals surface area contributed by atoms with Crippen LogP contribution < -0.4 is 0 Å². The lowest BCUT2D eigenvalue weighted by molar-refractivity contribution is 0.731. The fraction of sp³-hybridized carbons (Fsp3) is 0.333. The van der Waals surface area contributed by atoms with Gasteiger partial charge in [0.15, 0.2) is 4.96 Å². The first-order chi connectivity index (χ1) is 8.08. The number of aryl methyl sites for hydroxylation is 3. The van der Waals surface area contributed by atoms with Gasteiger partial charge in [-0.25, -0.2) is 4.98 Å². The summed E-state index contributed by atoms with van der Waals surface area (Å²) in [5.41, 5.74) is 5.59. The van der Waals surface area contributed by atoms with Gasteiger partial charge in [0.1, 0.15) is 0 Å². The molecule has 3 aromatic rings. The second-order valence-electron chi connectivity index (χ2n) is 4.33. The van der Waals surface area contributed by atoms with Gasteiger partial charge in [0, 0.05) is 35.6 Å². The number of aromatic nitrogens is 4. The van der Waals surface area contributed by atoms with Crippen LogP contribution >= 0.6 is 11.3 Å². The first-order valence-electron chi connectivity index (χ1n) is 5.51. The number of hydrogen-bond donors (Lipinski definition) is 0. The van der Waals surface area contributed by atoms with Crippen molar-refractivity contribution in [3.63, 3.8) is 0 Å². The smallest absolute Gasteiger partial charge is 0.194 e. The predicted molar refractivity (Wildman–Crippen MR) is 69.5 cm³/mol. The first-order valence-corrected chi connectivity index (χ1v) is 6.39. The van der Waals surface area contributed by atoms with Crippen molar-refractivity contribution in [1.29, 1.82) is 0 Å². The highest BCUT2D eigenvalue weighted by molar-refractivity contribution is 7.15. The van der Waals surface area contributed by atoms with E-state index in [1.165, 1.54) is 5.69 Å². The molecule has 5 heteroatoms. The zero-order valence-corrected chi connectivity index (χ0v) is 11.2. The van der Waals surface area contributed by atoms with E-state index in [2.05, 4.69) is 39.9 Å². The van der Waals surface area contributed by atoms with Crippen LogP contribution in [0.2, 0.25) is 0 Å². The summed E-state index contributed by atoms with van der Waals surface area (Å²) in [5, 5.41) is 6.55. The number of thiazole rings is 1. The Morgan fingerprint density at radius 1 is 1.24 bits per heavy atom. The lowest BCUT2D eigenvalue weighted by Gasteiger charge is -1.96. The summed E-state index contributed by atoms with van der Waals surface area (Å²) in [6.07, 6.45) is 2.10. The third kappa shape index (κ3) is 1.42. The minimum atomic E-state index is 1.02. The van der Waals surface area contributed by atoms with Crippen LogP contribution in [0.25, 0.3) is 16.2 Å². The first kappa shape index (κ1) is 10.5. The Balaban J connectivity index is 2.26. The maximum absolute atomic E-state index is 4.67. The van der Waals surface area contributed by atoms with Crippen molar-refractivity contribution >= 4 is 16.3 Å². The Kier molecular flexibility index (Phi) is 2.13. The van der Waals surface area contributed by atoms with Crippen LogP contribution in [0, 0.1) is 20.8 Å². The molecule has 0 aliphatic carbocycles. The van der Waals surface area contributed by atoms with E-state index in [-0.39, 0.29) is 0 Å². The van der Waals surface area contributed by atoms with Crippen LogP contribution in [0.4, 0.5) is 0 Å². The molecular formula is C12H14N4S. The minimum Gasteiger partial charge on any atom is -0.294 e. The van der Waals surface area contributed by atoms with Gasteiger partial charge in [-0.15, -0.1) is 11.3 Å². The molecule has 0 spiro atoms. The lowest BCUT2D eigenvalue weighted by Crippen LogP contribution is -1.92. The average molecular weight is 246 g/mol. The van der Waals surface area contributed by atoms with Gasteiger partial charge in [0.25, 0.3) is 0 Å². The molecule has 3 heterocycles. The SMILES string of the molecule is Cc1nn(C)c(C)c1-c1cn2c(C)csc2n1. The minimum absolute atomic E-state index is 1.02. The number of nitrogens with zero attached hydrogens (tertiary/aromatic N) is 4. The lowest BCUT2D eigenvalue weighted by atomic mass is 10.1. The Hall–Kier alpha value is -1.62. The molecule has 0 atom stereocenters. The molecule has 0 radical (unpaired) electrons. The molecule has 0 aliphatic rings. The third-order valence-corrected chi connectivity index (χ3v) is 4.11.